The normalized spacial score (nSPS) is 10.4. The van der Waals surface area contributed by atoms with Crippen LogP contribution < -0.4 is 5.32 Å². The highest BCUT2D eigenvalue weighted by Gasteiger charge is 2.16. The molecule has 0 radical (unpaired) electrons. The van der Waals surface area contributed by atoms with Crippen molar-refractivity contribution in [1.82, 2.24) is 4.98 Å². The predicted octanol–water partition coefficient (Wildman–Crippen LogP) is 3.99. The van der Waals surface area contributed by atoms with Crippen molar-refractivity contribution in [3.05, 3.63) is 57.2 Å². The van der Waals surface area contributed by atoms with Gasteiger partial charge in [-0.1, -0.05) is 0 Å². The number of amides is 1. The van der Waals surface area contributed by atoms with E-state index in [0.717, 1.165) is 10.0 Å². The molecule has 6 heteroatoms. The second-order valence-corrected chi connectivity index (χ2v) is 5.27. The summed E-state index contributed by atoms with van der Waals surface area (Å²) in [7, 11) is 0. The van der Waals surface area contributed by atoms with Crippen LogP contribution in [-0.2, 0) is 0 Å². The Morgan fingerprint density at radius 3 is 2.50 bits per heavy atom. The summed E-state index contributed by atoms with van der Waals surface area (Å²) in [6.07, 6.45) is 1.52. The second kappa shape index (κ2) is 5.66. The van der Waals surface area contributed by atoms with E-state index in [1.54, 1.807) is 13.0 Å². The third-order valence-corrected chi connectivity index (χ3v) is 3.20. The Morgan fingerprint density at radius 1 is 1.15 bits per heavy atom. The highest BCUT2D eigenvalue weighted by atomic mass is 79.9. The fourth-order valence-corrected chi connectivity index (χ4v) is 2.12. The van der Waals surface area contributed by atoms with Crippen LogP contribution in [0, 0.1) is 25.5 Å². The standard InChI is InChI=1S/C14H11BrF2N2O/c1-7-4-10(12(17)5-11(7)16)14(20)19-13-8(2)3-9(15)6-18-13/h3-6H,1-2H3,(H,18,19,20). The quantitative estimate of drug-likeness (QED) is 0.897. The molecule has 1 N–H and O–H groups in total. The number of pyridine rings is 1. The van der Waals surface area contributed by atoms with Crippen LogP contribution in [0.4, 0.5) is 14.6 Å². The molecule has 0 aliphatic heterocycles. The molecule has 0 saturated carbocycles. The summed E-state index contributed by atoms with van der Waals surface area (Å²) in [4.78, 5) is 16.0. The van der Waals surface area contributed by atoms with E-state index in [1.165, 1.54) is 19.2 Å². The molecule has 1 amide bonds. The first-order valence-corrected chi connectivity index (χ1v) is 6.57. The molecule has 0 spiro atoms. The molecule has 0 aliphatic carbocycles. The highest BCUT2D eigenvalue weighted by Crippen LogP contribution is 2.19. The number of aryl methyl sites for hydroxylation is 2. The summed E-state index contributed by atoms with van der Waals surface area (Å²) < 4.78 is 27.6. The van der Waals surface area contributed by atoms with Crippen molar-refractivity contribution in [2.24, 2.45) is 0 Å². The van der Waals surface area contributed by atoms with Crippen LogP contribution in [0.2, 0.25) is 0 Å². The lowest BCUT2D eigenvalue weighted by atomic mass is 10.1. The van der Waals surface area contributed by atoms with Gasteiger partial charge in [0.1, 0.15) is 17.5 Å². The van der Waals surface area contributed by atoms with Crippen molar-refractivity contribution in [1.29, 1.82) is 0 Å². The third-order valence-electron chi connectivity index (χ3n) is 2.77. The van der Waals surface area contributed by atoms with E-state index in [-0.39, 0.29) is 11.1 Å². The second-order valence-electron chi connectivity index (χ2n) is 4.35. The predicted molar refractivity (Wildman–Crippen MR) is 75.7 cm³/mol. The SMILES string of the molecule is Cc1cc(C(=O)Nc2ncc(Br)cc2C)c(F)cc1F. The highest BCUT2D eigenvalue weighted by molar-refractivity contribution is 9.10. The van der Waals surface area contributed by atoms with Gasteiger partial charge in [-0.05, 0) is 53.0 Å². The molecular weight excluding hydrogens is 330 g/mol. The van der Waals surface area contributed by atoms with Crippen LogP contribution in [0.3, 0.4) is 0 Å². The Hall–Kier alpha value is -1.82. The van der Waals surface area contributed by atoms with Gasteiger partial charge in [-0.3, -0.25) is 4.79 Å². The minimum atomic E-state index is -0.902. The minimum absolute atomic E-state index is 0.206. The summed E-state index contributed by atoms with van der Waals surface area (Å²) in [5.74, 6) is -1.92. The van der Waals surface area contributed by atoms with Crippen LogP contribution in [-0.4, -0.2) is 10.9 Å². The van der Waals surface area contributed by atoms with E-state index in [2.05, 4.69) is 26.2 Å². The summed E-state index contributed by atoms with van der Waals surface area (Å²) in [5, 5.41) is 2.51. The molecule has 0 saturated heterocycles. The van der Waals surface area contributed by atoms with Gasteiger partial charge in [-0.15, -0.1) is 0 Å². The molecule has 104 valence electrons. The van der Waals surface area contributed by atoms with Gasteiger partial charge in [0.05, 0.1) is 5.56 Å². The van der Waals surface area contributed by atoms with Crippen molar-refractivity contribution >= 4 is 27.7 Å². The first kappa shape index (κ1) is 14.6. The van der Waals surface area contributed by atoms with Crippen molar-refractivity contribution in [3.8, 4) is 0 Å². The molecule has 0 fully saturated rings. The van der Waals surface area contributed by atoms with E-state index in [9.17, 15) is 13.6 Å². The zero-order valence-corrected chi connectivity index (χ0v) is 12.4. The van der Waals surface area contributed by atoms with Gasteiger partial charge < -0.3 is 5.32 Å². The lowest BCUT2D eigenvalue weighted by Gasteiger charge is -2.09. The number of hydrogen-bond acceptors (Lipinski definition) is 2. The molecule has 0 unspecified atom stereocenters. The first-order chi connectivity index (χ1) is 9.38. The number of nitrogens with one attached hydrogen (secondary N) is 1. The summed E-state index contributed by atoms with van der Waals surface area (Å²) in [5.41, 5.74) is 0.719. The number of benzene rings is 1. The van der Waals surface area contributed by atoms with Gasteiger partial charge >= 0.3 is 0 Å². The van der Waals surface area contributed by atoms with E-state index < -0.39 is 17.5 Å². The Kier molecular flexibility index (Phi) is 4.13. The van der Waals surface area contributed by atoms with E-state index in [1.807, 2.05) is 0 Å². The Bertz CT molecular complexity index is 689. The molecule has 1 heterocycles. The van der Waals surface area contributed by atoms with Crippen LogP contribution in [0.5, 0.6) is 0 Å². The number of aromatic nitrogens is 1. The summed E-state index contributed by atoms with van der Waals surface area (Å²) >= 11 is 3.26. The van der Waals surface area contributed by atoms with E-state index in [4.69, 9.17) is 0 Å². The zero-order valence-electron chi connectivity index (χ0n) is 10.8. The number of halogens is 3. The Balaban J connectivity index is 2.31. The summed E-state index contributed by atoms with van der Waals surface area (Å²) in [6.45, 7) is 3.23. The maximum absolute atomic E-state index is 13.6. The number of anilines is 1. The lowest BCUT2D eigenvalue weighted by molar-refractivity contribution is 0.102. The first-order valence-electron chi connectivity index (χ1n) is 5.77. The number of carbonyl (C=O) groups excluding carboxylic acids is 1. The number of carbonyl (C=O) groups is 1. The topological polar surface area (TPSA) is 42.0 Å². The van der Waals surface area contributed by atoms with Gasteiger partial charge in [0.2, 0.25) is 0 Å². The van der Waals surface area contributed by atoms with Crippen LogP contribution in [0.1, 0.15) is 21.5 Å². The average Bonchev–Trinajstić information content (AvgIpc) is 2.37. The molecule has 0 bridgehead atoms. The van der Waals surface area contributed by atoms with Gasteiger partial charge in [0.25, 0.3) is 5.91 Å². The average molecular weight is 341 g/mol. The van der Waals surface area contributed by atoms with Crippen molar-refractivity contribution in [3.63, 3.8) is 0 Å². The molecular formula is C14H11BrF2N2O. The van der Waals surface area contributed by atoms with E-state index >= 15 is 0 Å². The van der Waals surface area contributed by atoms with Crippen molar-refractivity contribution in [2.75, 3.05) is 5.32 Å². The molecule has 2 aromatic rings. The largest absolute Gasteiger partial charge is 0.306 e. The maximum Gasteiger partial charge on any atom is 0.259 e. The molecule has 1 aromatic carbocycles. The molecule has 2 rings (SSSR count). The molecule has 0 atom stereocenters. The van der Waals surface area contributed by atoms with Gasteiger partial charge in [0, 0.05) is 16.7 Å². The molecule has 3 nitrogen and oxygen atoms in total. The van der Waals surface area contributed by atoms with Crippen LogP contribution in [0.15, 0.2) is 28.9 Å². The molecule has 0 aliphatic rings. The third kappa shape index (κ3) is 3.01. The van der Waals surface area contributed by atoms with Gasteiger partial charge in [-0.25, -0.2) is 13.8 Å². The van der Waals surface area contributed by atoms with E-state index in [0.29, 0.717) is 11.9 Å². The molecule has 20 heavy (non-hydrogen) atoms. The van der Waals surface area contributed by atoms with Crippen molar-refractivity contribution in [2.45, 2.75) is 13.8 Å². The monoisotopic (exact) mass is 340 g/mol. The number of nitrogens with zero attached hydrogens (tertiary/aromatic N) is 1. The number of rotatable bonds is 2. The molecule has 1 aromatic heterocycles. The Labute approximate surface area is 123 Å². The fraction of sp³-hybridized carbons (Fsp3) is 0.143. The van der Waals surface area contributed by atoms with Crippen LogP contribution >= 0.6 is 15.9 Å². The van der Waals surface area contributed by atoms with Gasteiger partial charge in [-0.2, -0.15) is 0 Å². The van der Waals surface area contributed by atoms with Crippen LogP contribution in [0.25, 0.3) is 0 Å². The fourth-order valence-electron chi connectivity index (χ4n) is 1.68. The van der Waals surface area contributed by atoms with Crippen molar-refractivity contribution < 1.29 is 13.6 Å². The smallest absolute Gasteiger partial charge is 0.259 e. The maximum atomic E-state index is 13.6. The Morgan fingerprint density at radius 2 is 1.85 bits per heavy atom. The zero-order chi connectivity index (χ0) is 14.9. The minimum Gasteiger partial charge on any atom is -0.306 e. The number of hydrogen-bond donors (Lipinski definition) is 1. The van der Waals surface area contributed by atoms with Gasteiger partial charge in [0.15, 0.2) is 0 Å². The lowest BCUT2D eigenvalue weighted by Crippen LogP contribution is -2.16. The summed E-state index contributed by atoms with van der Waals surface area (Å²) in [6, 6.07) is 3.65.